The second-order valence-electron chi connectivity index (χ2n) is 6.79. The number of ketones is 2. The number of nitrogens with one attached hydrogen (secondary N) is 1. The Kier molecular flexibility index (Phi) is 4.96. The lowest BCUT2D eigenvalue weighted by Gasteiger charge is -2.23. The van der Waals surface area contributed by atoms with Gasteiger partial charge in [0.15, 0.2) is 11.6 Å². The Balaban J connectivity index is 2.12. The number of anilines is 2. The molecular weight excluding hydrogens is 344 g/mol. The molecule has 7 heteroatoms. The number of nitrogen functional groups attached to an aromatic ring is 1. The highest BCUT2D eigenvalue weighted by atomic mass is 16.1. The van der Waals surface area contributed by atoms with Crippen LogP contribution in [0.1, 0.15) is 48.6 Å². The van der Waals surface area contributed by atoms with Crippen LogP contribution in [-0.2, 0) is 0 Å². The van der Waals surface area contributed by atoms with Gasteiger partial charge in [0, 0.05) is 23.4 Å². The fourth-order valence-corrected chi connectivity index (χ4v) is 3.28. The van der Waals surface area contributed by atoms with Gasteiger partial charge in [0.2, 0.25) is 0 Å². The summed E-state index contributed by atoms with van der Waals surface area (Å²) in [7, 11) is 3.94. The Bertz CT molecular complexity index is 950. The zero-order chi connectivity index (χ0) is 19.7. The number of amides is 1. The van der Waals surface area contributed by atoms with Gasteiger partial charge in [-0.25, -0.2) is 0 Å². The van der Waals surface area contributed by atoms with Crippen molar-refractivity contribution in [2.75, 3.05) is 38.2 Å². The molecule has 0 aromatic heterocycles. The first-order chi connectivity index (χ1) is 12.8. The SMILES string of the molecule is CN(C)CCCNc1cc(C(N)=O)c(N)c2c1C(=O)c1ccccc1C2=O. The molecule has 0 atom stereocenters. The number of carbonyl (C=O) groups is 3. The van der Waals surface area contributed by atoms with Crippen LogP contribution in [0.5, 0.6) is 0 Å². The van der Waals surface area contributed by atoms with Gasteiger partial charge in [-0.05, 0) is 33.1 Å². The minimum Gasteiger partial charge on any atom is -0.397 e. The lowest BCUT2D eigenvalue weighted by atomic mass is 9.81. The van der Waals surface area contributed by atoms with Crippen LogP contribution in [0.25, 0.3) is 0 Å². The second-order valence-corrected chi connectivity index (χ2v) is 6.79. The molecule has 1 amide bonds. The predicted octanol–water partition coefficient (Wildman–Crippen LogP) is 1.51. The van der Waals surface area contributed by atoms with E-state index in [1.165, 1.54) is 6.07 Å². The number of benzene rings is 2. The number of carbonyl (C=O) groups excluding carboxylic acids is 3. The number of hydrogen-bond acceptors (Lipinski definition) is 6. The highest BCUT2D eigenvalue weighted by Gasteiger charge is 2.35. The molecule has 0 heterocycles. The summed E-state index contributed by atoms with van der Waals surface area (Å²) < 4.78 is 0. The Hall–Kier alpha value is -3.19. The van der Waals surface area contributed by atoms with Gasteiger partial charge < -0.3 is 21.7 Å². The minimum absolute atomic E-state index is 0.0318. The molecule has 1 aliphatic carbocycles. The van der Waals surface area contributed by atoms with E-state index in [0.717, 1.165) is 13.0 Å². The fourth-order valence-electron chi connectivity index (χ4n) is 3.28. The quantitative estimate of drug-likeness (QED) is 0.449. The van der Waals surface area contributed by atoms with Gasteiger partial charge in [-0.1, -0.05) is 24.3 Å². The van der Waals surface area contributed by atoms with Gasteiger partial charge in [-0.2, -0.15) is 0 Å². The zero-order valence-corrected chi connectivity index (χ0v) is 15.3. The maximum atomic E-state index is 13.1. The van der Waals surface area contributed by atoms with E-state index >= 15 is 0 Å². The van der Waals surface area contributed by atoms with Crippen LogP contribution in [0.2, 0.25) is 0 Å². The van der Waals surface area contributed by atoms with Crippen molar-refractivity contribution >= 4 is 28.8 Å². The molecule has 0 fully saturated rings. The molecule has 27 heavy (non-hydrogen) atoms. The Morgan fingerprint density at radius 3 is 2.22 bits per heavy atom. The number of fused-ring (bicyclic) bond motifs is 2. The van der Waals surface area contributed by atoms with Crippen molar-refractivity contribution < 1.29 is 14.4 Å². The van der Waals surface area contributed by atoms with Gasteiger partial charge in [-0.15, -0.1) is 0 Å². The van der Waals surface area contributed by atoms with E-state index in [0.29, 0.717) is 17.8 Å². The number of hydrogen-bond donors (Lipinski definition) is 3. The summed E-state index contributed by atoms with van der Waals surface area (Å²) >= 11 is 0. The summed E-state index contributed by atoms with van der Waals surface area (Å²) in [5.41, 5.74) is 12.7. The maximum absolute atomic E-state index is 13.1. The molecule has 140 valence electrons. The van der Waals surface area contributed by atoms with E-state index in [4.69, 9.17) is 11.5 Å². The average molecular weight is 366 g/mol. The van der Waals surface area contributed by atoms with Crippen molar-refractivity contribution in [1.82, 2.24) is 4.90 Å². The molecule has 0 aliphatic heterocycles. The second kappa shape index (κ2) is 7.20. The van der Waals surface area contributed by atoms with Gasteiger partial charge in [0.1, 0.15) is 0 Å². The molecule has 0 radical (unpaired) electrons. The molecule has 0 bridgehead atoms. The lowest BCUT2D eigenvalue weighted by molar-refractivity contribution is 0.0978. The highest BCUT2D eigenvalue weighted by molar-refractivity contribution is 6.32. The topological polar surface area (TPSA) is 119 Å². The molecule has 0 saturated carbocycles. The number of primary amides is 1. The van der Waals surface area contributed by atoms with E-state index in [-0.39, 0.29) is 39.5 Å². The van der Waals surface area contributed by atoms with E-state index in [1.807, 2.05) is 19.0 Å². The third kappa shape index (κ3) is 3.29. The van der Waals surface area contributed by atoms with E-state index in [1.54, 1.807) is 24.3 Å². The first-order valence-electron chi connectivity index (χ1n) is 8.66. The largest absolute Gasteiger partial charge is 0.397 e. The summed E-state index contributed by atoms with van der Waals surface area (Å²) in [6, 6.07) is 8.06. The van der Waals surface area contributed by atoms with Crippen LogP contribution in [0.4, 0.5) is 11.4 Å². The van der Waals surface area contributed by atoms with Crippen LogP contribution in [0.3, 0.4) is 0 Å². The number of rotatable bonds is 6. The average Bonchev–Trinajstić information content (AvgIpc) is 2.63. The van der Waals surface area contributed by atoms with Gasteiger partial charge in [-0.3, -0.25) is 14.4 Å². The standard InChI is InChI=1S/C20H22N4O3/c1-24(2)9-5-8-23-14-10-13(20(22)27)17(21)16-15(14)18(25)11-6-3-4-7-12(11)19(16)26/h3-4,6-7,10,23H,5,8-9,21H2,1-2H3,(H2,22,27). The summed E-state index contributed by atoms with van der Waals surface area (Å²) in [6.45, 7) is 1.42. The Morgan fingerprint density at radius 1 is 1.07 bits per heavy atom. The van der Waals surface area contributed by atoms with E-state index < -0.39 is 5.91 Å². The van der Waals surface area contributed by atoms with Crippen LogP contribution in [0, 0.1) is 0 Å². The van der Waals surface area contributed by atoms with Crippen molar-refractivity contribution in [3.05, 3.63) is 58.1 Å². The highest BCUT2D eigenvalue weighted by Crippen LogP contribution is 2.37. The van der Waals surface area contributed by atoms with Crippen LogP contribution in [0.15, 0.2) is 30.3 Å². The van der Waals surface area contributed by atoms with Crippen molar-refractivity contribution in [3.8, 4) is 0 Å². The summed E-state index contributed by atoms with van der Waals surface area (Å²) in [5.74, 6) is -1.42. The fraction of sp³-hybridized carbons (Fsp3) is 0.250. The normalized spacial score (nSPS) is 12.7. The van der Waals surface area contributed by atoms with Gasteiger partial charge in [0.25, 0.3) is 5.91 Å². The van der Waals surface area contributed by atoms with Crippen molar-refractivity contribution in [2.45, 2.75) is 6.42 Å². The molecule has 0 unspecified atom stereocenters. The minimum atomic E-state index is -0.745. The van der Waals surface area contributed by atoms with Gasteiger partial charge >= 0.3 is 0 Å². The summed E-state index contributed by atoms with van der Waals surface area (Å²) in [4.78, 5) is 39.9. The van der Waals surface area contributed by atoms with Crippen molar-refractivity contribution in [2.24, 2.45) is 5.73 Å². The van der Waals surface area contributed by atoms with Crippen molar-refractivity contribution in [1.29, 1.82) is 0 Å². The van der Waals surface area contributed by atoms with Crippen LogP contribution < -0.4 is 16.8 Å². The monoisotopic (exact) mass is 366 g/mol. The molecule has 0 spiro atoms. The van der Waals surface area contributed by atoms with E-state index in [2.05, 4.69) is 5.32 Å². The number of nitrogens with zero attached hydrogens (tertiary/aromatic N) is 1. The maximum Gasteiger partial charge on any atom is 0.250 e. The molecule has 0 saturated heterocycles. The smallest absolute Gasteiger partial charge is 0.250 e. The summed E-state index contributed by atoms with van der Waals surface area (Å²) in [6.07, 6.45) is 0.816. The van der Waals surface area contributed by atoms with E-state index in [9.17, 15) is 14.4 Å². The molecule has 5 N–H and O–H groups in total. The molecule has 2 aromatic rings. The molecule has 2 aromatic carbocycles. The van der Waals surface area contributed by atoms with Gasteiger partial charge in [0.05, 0.1) is 22.4 Å². The molecule has 7 nitrogen and oxygen atoms in total. The number of nitrogens with two attached hydrogens (primary N) is 2. The Labute approximate surface area is 157 Å². The Morgan fingerprint density at radius 2 is 1.67 bits per heavy atom. The molecular formula is C20H22N4O3. The predicted molar refractivity (Wildman–Crippen MR) is 104 cm³/mol. The zero-order valence-electron chi connectivity index (χ0n) is 15.3. The van der Waals surface area contributed by atoms with Crippen LogP contribution >= 0.6 is 0 Å². The third-order valence-electron chi connectivity index (χ3n) is 4.60. The van der Waals surface area contributed by atoms with Crippen molar-refractivity contribution in [3.63, 3.8) is 0 Å². The first-order valence-corrected chi connectivity index (χ1v) is 8.66. The van der Waals surface area contributed by atoms with Crippen LogP contribution in [-0.4, -0.2) is 49.6 Å². The first kappa shape index (κ1) is 18.6. The lowest BCUT2D eigenvalue weighted by Crippen LogP contribution is -2.27. The third-order valence-corrected chi connectivity index (χ3v) is 4.60. The summed E-state index contributed by atoms with van der Waals surface area (Å²) in [5, 5.41) is 3.17. The molecule has 3 rings (SSSR count). The molecule has 1 aliphatic rings.